The molecule has 4 N–H and O–H groups in total. The molecule has 0 aliphatic heterocycles. The molecular formula is C14H26Cl2N4O. The summed E-state index contributed by atoms with van der Waals surface area (Å²) in [5.74, 6) is 1.41. The van der Waals surface area contributed by atoms with E-state index in [1.807, 2.05) is 0 Å². The summed E-state index contributed by atoms with van der Waals surface area (Å²) in [6, 6.07) is 0. The number of hydrogen-bond acceptors (Lipinski definition) is 5. The Hall–Kier alpha value is -0.360. The van der Waals surface area contributed by atoms with Crippen LogP contribution in [0.1, 0.15) is 63.1 Å². The second-order valence-electron chi connectivity index (χ2n) is 6.46. The van der Waals surface area contributed by atoms with Crippen molar-refractivity contribution in [2.24, 2.45) is 16.9 Å². The Bertz CT molecular complexity index is 442. The molecule has 2 aliphatic rings. The lowest BCUT2D eigenvalue weighted by molar-refractivity contribution is 0.177. The summed E-state index contributed by atoms with van der Waals surface area (Å²) in [5.41, 5.74) is 12.1. The minimum Gasteiger partial charge on any atom is -0.339 e. The van der Waals surface area contributed by atoms with Crippen LogP contribution in [0.15, 0.2) is 4.52 Å². The van der Waals surface area contributed by atoms with Crippen molar-refractivity contribution in [3.8, 4) is 0 Å². The van der Waals surface area contributed by atoms with Gasteiger partial charge in [-0.1, -0.05) is 24.4 Å². The van der Waals surface area contributed by atoms with Crippen molar-refractivity contribution >= 4 is 24.8 Å². The van der Waals surface area contributed by atoms with Crippen LogP contribution < -0.4 is 11.5 Å². The number of nitrogens with two attached hydrogens (primary N) is 2. The molecule has 2 aliphatic carbocycles. The Morgan fingerprint density at radius 2 is 1.67 bits per heavy atom. The van der Waals surface area contributed by atoms with Gasteiger partial charge in [-0.15, -0.1) is 24.8 Å². The van der Waals surface area contributed by atoms with E-state index in [-0.39, 0.29) is 35.8 Å². The zero-order chi connectivity index (χ0) is 13.3. The first-order chi connectivity index (χ1) is 9.16. The van der Waals surface area contributed by atoms with E-state index in [4.69, 9.17) is 16.0 Å². The fourth-order valence-corrected chi connectivity index (χ4v) is 3.39. The maximum absolute atomic E-state index is 6.23. The van der Waals surface area contributed by atoms with E-state index in [1.54, 1.807) is 0 Å². The molecule has 0 bridgehead atoms. The van der Waals surface area contributed by atoms with Crippen LogP contribution in [0.3, 0.4) is 0 Å². The number of hydrogen-bond donors (Lipinski definition) is 2. The molecule has 2 saturated carbocycles. The lowest BCUT2D eigenvalue weighted by Gasteiger charge is -2.35. The standard InChI is InChI=1S/C14H24N4O.2ClH/c15-10-13(5-2-1-3-6-13)9-11-17-12(18-19-11)14(16)7-4-8-14;;/h1-10,15-16H2;2*1H. The average Bonchev–Trinajstić information content (AvgIpc) is 2.86. The molecule has 122 valence electrons. The second-order valence-corrected chi connectivity index (χ2v) is 6.46. The minimum absolute atomic E-state index is 0. The van der Waals surface area contributed by atoms with Crippen LogP contribution >= 0.6 is 24.8 Å². The summed E-state index contributed by atoms with van der Waals surface area (Å²) < 4.78 is 5.42. The van der Waals surface area contributed by atoms with Crippen molar-refractivity contribution in [1.82, 2.24) is 10.1 Å². The van der Waals surface area contributed by atoms with Gasteiger partial charge in [-0.05, 0) is 44.1 Å². The van der Waals surface area contributed by atoms with E-state index >= 15 is 0 Å². The van der Waals surface area contributed by atoms with Gasteiger partial charge in [-0.2, -0.15) is 4.98 Å². The summed E-state index contributed by atoms with van der Waals surface area (Å²) in [6.45, 7) is 0.707. The molecule has 0 saturated heterocycles. The number of rotatable bonds is 4. The van der Waals surface area contributed by atoms with E-state index in [0.717, 1.165) is 31.6 Å². The highest BCUT2D eigenvalue weighted by molar-refractivity contribution is 5.85. The SMILES string of the molecule is Cl.Cl.NCC1(Cc2nc(C3(N)CCC3)no2)CCCCC1. The molecule has 2 fully saturated rings. The zero-order valence-corrected chi connectivity index (χ0v) is 14.0. The second kappa shape index (κ2) is 7.27. The van der Waals surface area contributed by atoms with Gasteiger partial charge in [0.05, 0.1) is 5.54 Å². The van der Waals surface area contributed by atoms with Gasteiger partial charge >= 0.3 is 0 Å². The van der Waals surface area contributed by atoms with E-state index in [2.05, 4.69) is 10.1 Å². The Morgan fingerprint density at radius 1 is 1.00 bits per heavy atom. The maximum atomic E-state index is 6.23. The van der Waals surface area contributed by atoms with E-state index in [0.29, 0.717) is 12.4 Å². The van der Waals surface area contributed by atoms with Crippen molar-refractivity contribution in [2.45, 2.75) is 63.3 Å². The Labute approximate surface area is 138 Å². The molecule has 0 spiro atoms. The molecule has 0 radical (unpaired) electrons. The number of aromatic nitrogens is 2. The number of halogens is 2. The summed E-state index contributed by atoms with van der Waals surface area (Å²) in [4.78, 5) is 4.53. The smallest absolute Gasteiger partial charge is 0.227 e. The summed E-state index contributed by atoms with van der Waals surface area (Å²) in [6.07, 6.45) is 10.1. The van der Waals surface area contributed by atoms with Crippen molar-refractivity contribution in [2.75, 3.05) is 6.54 Å². The van der Waals surface area contributed by atoms with Gasteiger partial charge in [0, 0.05) is 6.42 Å². The molecule has 0 unspecified atom stereocenters. The maximum Gasteiger partial charge on any atom is 0.227 e. The first-order valence-electron chi connectivity index (χ1n) is 7.48. The van der Waals surface area contributed by atoms with Gasteiger partial charge in [0.25, 0.3) is 0 Å². The molecule has 7 heteroatoms. The predicted molar refractivity (Wildman–Crippen MR) is 86.8 cm³/mol. The van der Waals surface area contributed by atoms with Crippen molar-refractivity contribution in [3.63, 3.8) is 0 Å². The van der Waals surface area contributed by atoms with E-state index < -0.39 is 0 Å². The average molecular weight is 337 g/mol. The van der Waals surface area contributed by atoms with Crippen LogP contribution in [0, 0.1) is 5.41 Å². The minimum atomic E-state index is -0.329. The number of nitrogens with zero attached hydrogens (tertiary/aromatic N) is 2. The van der Waals surface area contributed by atoms with Gasteiger partial charge in [-0.25, -0.2) is 0 Å². The molecule has 0 amide bonds. The molecule has 3 rings (SSSR count). The molecule has 21 heavy (non-hydrogen) atoms. The van der Waals surface area contributed by atoms with Crippen LogP contribution in [0.4, 0.5) is 0 Å². The molecule has 1 heterocycles. The third-order valence-electron chi connectivity index (χ3n) is 5.03. The van der Waals surface area contributed by atoms with Gasteiger partial charge < -0.3 is 16.0 Å². The van der Waals surface area contributed by atoms with Crippen LogP contribution in [-0.2, 0) is 12.0 Å². The predicted octanol–water partition coefficient (Wildman–Crippen LogP) is 2.70. The molecule has 0 aromatic carbocycles. The largest absolute Gasteiger partial charge is 0.339 e. The lowest BCUT2D eigenvalue weighted by Crippen LogP contribution is -2.44. The fourth-order valence-electron chi connectivity index (χ4n) is 3.39. The van der Waals surface area contributed by atoms with Crippen LogP contribution in [-0.4, -0.2) is 16.7 Å². The summed E-state index contributed by atoms with van der Waals surface area (Å²) in [7, 11) is 0. The summed E-state index contributed by atoms with van der Waals surface area (Å²) in [5, 5.41) is 4.09. The lowest BCUT2D eigenvalue weighted by atomic mass is 9.72. The van der Waals surface area contributed by atoms with Crippen LogP contribution in [0.25, 0.3) is 0 Å². The molecule has 1 aromatic rings. The third-order valence-corrected chi connectivity index (χ3v) is 5.03. The van der Waals surface area contributed by atoms with Gasteiger partial charge in [0.15, 0.2) is 5.82 Å². The topological polar surface area (TPSA) is 91.0 Å². The van der Waals surface area contributed by atoms with Gasteiger partial charge in [0.2, 0.25) is 5.89 Å². The molecular weight excluding hydrogens is 311 g/mol. The van der Waals surface area contributed by atoms with Crippen molar-refractivity contribution in [3.05, 3.63) is 11.7 Å². The monoisotopic (exact) mass is 336 g/mol. The van der Waals surface area contributed by atoms with Crippen LogP contribution in [0.5, 0.6) is 0 Å². The molecule has 1 aromatic heterocycles. The Morgan fingerprint density at radius 3 is 2.19 bits per heavy atom. The fraction of sp³-hybridized carbons (Fsp3) is 0.857. The van der Waals surface area contributed by atoms with E-state index in [9.17, 15) is 0 Å². The third kappa shape index (κ3) is 3.70. The zero-order valence-electron chi connectivity index (χ0n) is 12.3. The van der Waals surface area contributed by atoms with E-state index in [1.165, 1.54) is 32.1 Å². The quantitative estimate of drug-likeness (QED) is 0.881. The Balaban J connectivity index is 0.00000110. The molecule has 0 atom stereocenters. The highest BCUT2D eigenvalue weighted by Gasteiger charge is 2.40. The van der Waals surface area contributed by atoms with Crippen LogP contribution in [0.2, 0.25) is 0 Å². The normalized spacial score (nSPS) is 22.6. The highest BCUT2D eigenvalue weighted by atomic mass is 35.5. The summed E-state index contributed by atoms with van der Waals surface area (Å²) >= 11 is 0. The van der Waals surface area contributed by atoms with Crippen molar-refractivity contribution in [1.29, 1.82) is 0 Å². The Kier molecular flexibility index (Phi) is 6.47. The van der Waals surface area contributed by atoms with Crippen molar-refractivity contribution < 1.29 is 4.52 Å². The first kappa shape index (κ1) is 18.7. The molecule has 5 nitrogen and oxygen atoms in total. The van der Waals surface area contributed by atoms with Gasteiger partial charge in [0.1, 0.15) is 0 Å². The van der Waals surface area contributed by atoms with Gasteiger partial charge in [-0.3, -0.25) is 0 Å². The first-order valence-corrected chi connectivity index (χ1v) is 7.48. The highest BCUT2D eigenvalue weighted by Crippen LogP contribution is 2.40.